The van der Waals surface area contributed by atoms with Crippen LogP contribution in [0.3, 0.4) is 0 Å². The number of aliphatic hydroxyl groups is 1. The van der Waals surface area contributed by atoms with Gasteiger partial charge >= 0.3 is 0 Å². The molecule has 0 aliphatic heterocycles. The van der Waals surface area contributed by atoms with Crippen LogP contribution < -0.4 is 9.47 Å². The maximum Gasteiger partial charge on any atom is 0.161 e. The molecular formula is C16H22N2O3. The topological polar surface area (TPSA) is 56.5 Å². The van der Waals surface area contributed by atoms with E-state index in [1.165, 1.54) is 0 Å². The summed E-state index contributed by atoms with van der Waals surface area (Å²) in [5.74, 6) is 1.27. The summed E-state index contributed by atoms with van der Waals surface area (Å²) in [6.45, 7) is 3.97. The second-order valence-electron chi connectivity index (χ2n) is 5.11. The average molecular weight is 290 g/mol. The minimum absolute atomic E-state index is 0.529. The predicted octanol–water partition coefficient (Wildman–Crippen LogP) is 2.33. The summed E-state index contributed by atoms with van der Waals surface area (Å²) in [7, 11) is 5.09. The quantitative estimate of drug-likeness (QED) is 0.918. The van der Waals surface area contributed by atoms with Crippen LogP contribution in [-0.4, -0.2) is 29.1 Å². The molecule has 0 aliphatic rings. The van der Waals surface area contributed by atoms with Crippen LogP contribution in [0.2, 0.25) is 0 Å². The molecule has 0 aliphatic carbocycles. The third kappa shape index (κ3) is 3.03. The van der Waals surface area contributed by atoms with E-state index in [1.807, 2.05) is 37.7 Å². The van der Waals surface area contributed by atoms with Gasteiger partial charge in [-0.05, 0) is 37.1 Å². The molecular weight excluding hydrogens is 268 g/mol. The third-order valence-corrected chi connectivity index (χ3v) is 3.85. The summed E-state index contributed by atoms with van der Waals surface area (Å²) in [4.78, 5) is 0. The highest BCUT2D eigenvalue weighted by atomic mass is 16.5. The summed E-state index contributed by atoms with van der Waals surface area (Å²) in [5.41, 5.74) is 3.91. The second-order valence-corrected chi connectivity index (χ2v) is 5.11. The number of hydrogen-bond donors (Lipinski definition) is 1. The first-order valence-corrected chi connectivity index (χ1v) is 6.87. The molecule has 1 N–H and O–H groups in total. The standard InChI is InChI=1S/C16H22N2O3/c1-10-13(11(2)18(3)17-10)9-14(19)12-6-7-15(20-4)16(8-12)21-5/h6-8,14,19H,9H2,1-5H3. The van der Waals surface area contributed by atoms with Gasteiger partial charge in [0.2, 0.25) is 0 Å². The highest BCUT2D eigenvalue weighted by Crippen LogP contribution is 2.31. The smallest absolute Gasteiger partial charge is 0.161 e. The van der Waals surface area contributed by atoms with E-state index in [9.17, 15) is 5.11 Å². The lowest BCUT2D eigenvalue weighted by molar-refractivity contribution is 0.177. The first kappa shape index (κ1) is 15.4. The van der Waals surface area contributed by atoms with Crippen LogP contribution in [0.25, 0.3) is 0 Å². The first-order valence-electron chi connectivity index (χ1n) is 6.87. The predicted molar refractivity (Wildman–Crippen MR) is 80.9 cm³/mol. The average Bonchev–Trinajstić information content (AvgIpc) is 2.72. The summed E-state index contributed by atoms with van der Waals surface area (Å²) in [6, 6.07) is 5.47. The van der Waals surface area contributed by atoms with Crippen molar-refractivity contribution in [2.24, 2.45) is 7.05 Å². The number of aromatic nitrogens is 2. The van der Waals surface area contributed by atoms with Crippen molar-refractivity contribution in [3.63, 3.8) is 0 Å². The van der Waals surface area contributed by atoms with Crippen molar-refractivity contribution in [2.45, 2.75) is 26.4 Å². The molecule has 2 aromatic rings. The first-order chi connectivity index (χ1) is 9.97. The number of rotatable bonds is 5. The van der Waals surface area contributed by atoms with Crippen LogP contribution >= 0.6 is 0 Å². The Bertz CT molecular complexity index is 635. The molecule has 1 aromatic heterocycles. The molecule has 114 valence electrons. The van der Waals surface area contributed by atoms with Crippen LogP contribution in [0.5, 0.6) is 11.5 Å². The molecule has 1 heterocycles. The number of aryl methyl sites for hydroxylation is 2. The molecule has 0 fully saturated rings. The fourth-order valence-electron chi connectivity index (χ4n) is 2.48. The van der Waals surface area contributed by atoms with Gasteiger partial charge < -0.3 is 14.6 Å². The van der Waals surface area contributed by atoms with E-state index in [0.717, 1.165) is 22.5 Å². The molecule has 0 spiro atoms. The Kier molecular flexibility index (Phi) is 4.53. The third-order valence-electron chi connectivity index (χ3n) is 3.85. The van der Waals surface area contributed by atoms with Gasteiger partial charge in [-0.1, -0.05) is 6.07 Å². The highest BCUT2D eigenvalue weighted by Gasteiger charge is 2.17. The molecule has 0 amide bonds. The maximum atomic E-state index is 10.5. The van der Waals surface area contributed by atoms with Crippen molar-refractivity contribution in [2.75, 3.05) is 14.2 Å². The number of benzene rings is 1. The number of aliphatic hydroxyl groups excluding tert-OH is 1. The van der Waals surface area contributed by atoms with Crippen molar-refractivity contribution in [1.29, 1.82) is 0 Å². The Morgan fingerprint density at radius 1 is 1.19 bits per heavy atom. The lowest BCUT2D eigenvalue weighted by Crippen LogP contribution is -2.04. The number of nitrogens with zero attached hydrogens (tertiary/aromatic N) is 2. The van der Waals surface area contributed by atoms with Crippen molar-refractivity contribution in [3.8, 4) is 11.5 Å². The van der Waals surface area contributed by atoms with E-state index in [1.54, 1.807) is 20.3 Å². The van der Waals surface area contributed by atoms with Crippen LogP contribution in [0.15, 0.2) is 18.2 Å². The van der Waals surface area contributed by atoms with Gasteiger partial charge in [0, 0.05) is 19.2 Å². The Labute approximate surface area is 125 Å². The largest absolute Gasteiger partial charge is 0.493 e. The van der Waals surface area contributed by atoms with E-state index in [4.69, 9.17) is 9.47 Å². The Morgan fingerprint density at radius 3 is 2.38 bits per heavy atom. The van der Waals surface area contributed by atoms with Crippen molar-refractivity contribution in [3.05, 3.63) is 40.7 Å². The van der Waals surface area contributed by atoms with Crippen LogP contribution in [0, 0.1) is 13.8 Å². The lowest BCUT2D eigenvalue weighted by atomic mass is 10.00. The number of hydrogen-bond acceptors (Lipinski definition) is 4. The zero-order chi connectivity index (χ0) is 15.6. The molecule has 1 aromatic carbocycles. The van der Waals surface area contributed by atoms with Gasteiger partial charge in [0.25, 0.3) is 0 Å². The van der Waals surface area contributed by atoms with Crippen LogP contribution in [-0.2, 0) is 13.5 Å². The molecule has 0 saturated heterocycles. The monoisotopic (exact) mass is 290 g/mol. The maximum absolute atomic E-state index is 10.5. The molecule has 1 atom stereocenters. The molecule has 2 rings (SSSR count). The molecule has 5 nitrogen and oxygen atoms in total. The van der Waals surface area contributed by atoms with Crippen molar-refractivity contribution < 1.29 is 14.6 Å². The summed E-state index contributed by atoms with van der Waals surface area (Å²) in [6.07, 6.45) is -0.0764. The van der Waals surface area contributed by atoms with Crippen molar-refractivity contribution in [1.82, 2.24) is 9.78 Å². The van der Waals surface area contributed by atoms with Gasteiger partial charge in [-0.3, -0.25) is 4.68 Å². The Hall–Kier alpha value is -2.01. The van der Waals surface area contributed by atoms with E-state index in [2.05, 4.69) is 5.10 Å². The lowest BCUT2D eigenvalue weighted by Gasteiger charge is -2.14. The summed E-state index contributed by atoms with van der Waals surface area (Å²) >= 11 is 0. The molecule has 0 bridgehead atoms. The molecule has 0 saturated carbocycles. The molecule has 0 radical (unpaired) electrons. The Morgan fingerprint density at radius 2 is 1.86 bits per heavy atom. The van der Waals surface area contributed by atoms with E-state index in [0.29, 0.717) is 17.9 Å². The van der Waals surface area contributed by atoms with Gasteiger partial charge in [-0.25, -0.2) is 0 Å². The van der Waals surface area contributed by atoms with E-state index in [-0.39, 0.29) is 0 Å². The normalized spacial score (nSPS) is 12.3. The molecule has 21 heavy (non-hydrogen) atoms. The highest BCUT2D eigenvalue weighted by molar-refractivity contribution is 5.44. The van der Waals surface area contributed by atoms with Crippen LogP contribution in [0.1, 0.15) is 28.6 Å². The molecule has 5 heteroatoms. The van der Waals surface area contributed by atoms with Gasteiger partial charge in [0.1, 0.15) is 0 Å². The molecule has 1 unspecified atom stereocenters. The summed E-state index contributed by atoms with van der Waals surface area (Å²) in [5, 5.41) is 14.9. The van der Waals surface area contributed by atoms with Gasteiger partial charge in [-0.15, -0.1) is 0 Å². The van der Waals surface area contributed by atoms with Crippen molar-refractivity contribution >= 4 is 0 Å². The minimum Gasteiger partial charge on any atom is -0.493 e. The van der Waals surface area contributed by atoms with Crippen LogP contribution in [0.4, 0.5) is 0 Å². The summed E-state index contributed by atoms with van der Waals surface area (Å²) < 4.78 is 12.3. The van der Waals surface area contributed by atoms with Gasteiger partial charge in [0.05, 0.1) is 26.0 Å². The van der Waals surface area contributed by atoms with Gasteiger partial charge in [0.15, 0.2) is 11.5 Å². The van der Waals surface area contributed by atoms with E-state index < -0.39 is 6.10 Å². The SMILES string of the molecule is COc1ccc(C(O)Cc2c(C)nn(C)c2C)cc1OC. The van der Waals surface area contributed by atoms with E-state index >= 15 is 0 Å². The minimum atomic E-state index is -0.605. The fraction of sp³-hybridized carbons (Fsp3) is 0.438. The zero-order valence-corrected chi connectivity index (χ0v) is 13.2. The fourth-order valence-corrected chi connectivity index (χ4v) is 2.48. The number of methoxy groups -OCH3 is 2. The van der Waals surface area contributed by atoms with Gasteiger partial charge in [-0.2, -0.15) is 5.10 Å². The number of ether oxygens (including phenoxy) is 2. The Balaban J connectivity index is 2.26. The second kappa shape index (κ2) is 6.18. The zero-order valence-electron chi connectivity index (χ0n) is 13.2.